The molecule has 214 valence electrons. The van der Waals surface area contributed by atoms with Crippen molar-refractivity contribution in [3.63, 3.8) is 0 Å². The van der Waals surface area contributed by atoms with Crippen LogP contribution in [0.2, 0.25) is 0 Å². The minimum atomic E-state index is -3.42. The van der Waals surface area contributed by atoms with Crippen molar-refractivity contribution in [2.45, 2.75) is 6.92 Å². The number of sulfonamides is 1. The molecule has 0 aliphatic carbocycles. The molecule has 0 unspecified atom stereocenters. The lowest BCUT2D eigenvalue weighted by Crippen LogP contribution is -2.27. The van der Waals surface area contributed by atoms with Crippen molar-refractivity contribution in [1.29, 1.82) is 0 Å². The van der Waals surface area contributed by atoms with Crippen molar-refractivity contribution >= 4 is 50.7 Å². The van der Waals surface area contributed by atoms with Gasteiger partial charge in [0.1, 0.15) is 25.5 Å². The highest BCUT2D eigenvalue weighted by Gasteiger charge is 2.18. The monoisotopic (exact) mass is 594 g/mol. The van der Waals surface area contributed by atoms with Crippen molar-refractivity contribution < 1.29 is 23.1 Å². The van der Waals surface area contributed by atoms with Gasteiger partial charge in [0.15, 0.2) is 10.6 Å². The molecule has 0 amide bonds. The standard InChI is InChI=1S/C28H30N6O5S2/c1-4-33(18-39-17-29-22-6-5-7-24(14-22)34-16-30-31-28(34)40)23-12-13-26(35)25(15-23)27(36)19(2)20-8-10-21(11-9-20)32-41(3,37)38/h5-16,29,32,35H,2,4,17-18H2,1,3H3,(H,31,40). The number of hydrogen-bond donors (Lipinski definition) is 4. The number of H-pyrrole nitrogens is 1. The van der Waals surface area contributed by atoms with E-state index in [1.165, 1.54) is 18.2 Å². The molecule has 13 heteroatoms. The van der Waals surface area contributed by atoms with E-state index in [1.54, 1.807) is 35.2 Å². The summed E-state index contributed by atoms with van der Waals surface area (Å²) in [5.41, 5.74) is 3.50. The van der Waals surface area contributed by atoms with Crippen molar-refractivity contribution in [3.05, 3.63) is 95.5 Å². The van der Waals surface area contributed by atoms with Crippen LogP contribution in [0, 0.1) is 4.77 Å². The van der Waals surface area contributed by atoms with E-state index in [9.17, 15) is 18.3 Å². The first-order chi connectivity index (χ1) is 19.6. The molecule has 0 radical (unpaired) electrons. The van der Waals surface area contributed by atoms with Gasteiger partial charge in [-0.15, -0.1) is 0 Å². The van der Waals surface area contributed by atoms with Gasteiger partial charge in [-0.05, 0) is 73.2 Å². The lowest BCUT2D eigenvalue weighted by Gasteiger charge is -2.24. The highest BCUT2D eigenvalue weighted by atomic mass is 32.2. The molecule has 3 aromatic carbocycles. The Morgan fingerprint density at radius 3 is 2.56 bits per heavy atom. The molecule has 0 aliphatic rings. The van der Waals surface area contributed by atoms with Crippen LogP contribution in [0.3, 0.4) is 0 Å². The van der Waals surface area contributed by atoms with E-state index in [0.717, 1.165) is 17.6 Å². The zero-order valence-corrected chi connectivity index (χ0v) is 24.1. The molecule has 4 N–H and O–H groups in total. The predicted molar refractivity (Wildman–Crippen MR) is 163 cm³/mol. The number of anilines is 3. The van der Waals surface area contributed by atoms with E-state index in [-0.39, 0.29) is 30.3 Å². The number of phenols is 1. The molecule has 0 spiro atoms. The highest BCUT2D eigenvalue weighted by molar-refractivity contribution is 7.92. The summed E-state index contributed by atoms with van der Waals surface area (Å²) in [7, 11) is -3.42. The molecule has 1 aromatic heterocycles. The van der Waals surface area contributed by atoms with Gasteiger partial charge in [-0.25, -0.2) is 8.42 Å². The van der Waals surface area contributed by atoms with E-state index in [2.05, 4.69) is 26.8 Å². The van der Waals surface area contributed by atoms with Gasteiger partial charge in [0.2, 0.25) is 10.0 Å². The molecule has 41 heavy (non-hydrogen) atoms. The van der Waals surface area contributed by atoms with Crippen LogP contribution in [-0.2, 0) is 14.8 Å². The quantitative estimate of drug-likeness (QED) is 0.0566. The summed E-state index contributed by atoms with van der Waals surface area (Å²) >= 11 is 5.23. The molecule has 11 nitrogen and oxygen atoms in total. The lowest BCUT2D eigenvalue weighted by molar-refractivity contribution is 0.105. The minimum absolute atomic E-state index is 0.0945. The van der Waals surface area contributed by atoms with E-state index >= 15 is 0 Å². The second-order valence-corrected chi connectivity index (χ2v) is 11.2. The number of aromatic hydroxyl groups is 1. The number of ketones is 1. The van der Waals surface area contributed by atoms with Gasteiger partial charge in [-0.1, -0.05) is 24.8 Å². The van der Waals surface area contributed by atoms with Crippen molar-refractivity contribution in [1.82, 2.24) is 14.8 Å². The Bertz CT molecular complexity index is 1710. The zero-order chi connectivity index (χ0) is 29.6. The summed E-state index contributed by atoms with van der Waals surface area (Å²) in [4.78, 5) is 15.2. The van der Waals surface area contributed by atoms with Crippen LogP contribution < -0.4 is 14.9 Å². The van der Waals surface area contributed by atoms with Gasteiger partial charge in [0.25, 0.3) is 0 Å². The van der Waals surface area contributed by atoms with E-state index in [0.29, 0.717) is 28.3 Å². The van der Waals surface area contributed by atoms with E-state index in [4.69, 9.17) is 17.0 Å². The molecule has 0 saturated heterocycles. The first-order valence-electron chi connectivity index (χ1n) is 12.5. The second kappa shape index (κ2) is 12.8. The maximum absolute atomic E-state index is 13.2. The van der Waals surface area contributed by atoms with Gasteiger partial charge in [-0.2, -0.15) is 5.10 Å². The number of hydrogen-bond acceptors (Lipinski definition) is 9. The highest BCUT2D eigenvalue weighted by Crippen LogP contribution is 2.29. The van der Waals surface area contributed by atoms with Crippen LogP contribution in [0.15, 0.2) is 79.6 Å². The van der Waals surface area contributed by atoms with E-state index in [1.807, 2.05) is 36.1 Å². The topological polar surface area (TPSA) is 142 Å². The van der Waals surface area contributed by atoms with Crippen LogP contribution in [0.1, 0.15) is 22.8 Å². The third kappa shape index (κ3) is 7.60. The Morgan fingerprint density at radius 2 is 1.90 bits per heavy atom. The number of ether oxygens (including phenoxy) is 1. The maximum atomic E-state index is 13.2. The van der Waals surface area contributed by atoms with Crippen LogP contribution in [0.5, 0.6) is 5.75 Å². The fourth-order valence-electron chi connectivity index (χ4n) is 3.99. The number of allylic oxidation sites excluding steroid dienone is 1. The Kier molecular flexibility index (Phi) is 9.22. The molecule has 0 saturated carbocycles. The molecule has 0 fully saturated rings. The normalized spacial score (nSPS) is 11.2. The number of aromatic nitrogens is 3. The van der Waals surface area contributed by atoms with Crippen molar-refractivity contribution in [2.24, 2.45) is 0 Å². The average Bonchev–Trinajstić information content (AvgIpc) is 3.38. The van der Waals surface area contributed by atoms with Crippen molar-refractivity contribution in [2.75, 3.05) is 41.2 Å². The molecule has 0 aliphatic heterocycles. The van der Waals surface area contributed by atoms with Crippen LogP contribution in [-0.4, -0.2) is 60.3 Å². The molecule has 0 bridgehead atoms. The van der Waals surface area contributed by atoms with Gasteiger partial charge < -0.3 is 20.1 Å². The molecule has 4 aromatic rings. The summed E-state index contributed by atoms with van der Waals surface area (Å²) in [6, 6.07) is 18.7. The minimum Gasteiger partial charge on any atom is -0.507 e. The SMILES string of the molecule is C=C(C(=O)c1cc(N(CC)COCNc2cccc(-n3cn[nH]c3=S)c2)ccc1O)c1ccc(NS(C)(=O)=O)cc1. The third-order valence-electron chi connectivity index (χ3n) is 6.08. The summed E-state index contributed by atoms with van der Waals surface area (Å²) in [6.07, 6.45) is 2.66. The Hall–Kier alpha value is -4.46. The summed E-state index contributed by atoms with van der Waals surface area (Å²) < 4.78 is 33.3. The average molecular weight is 595 g/mol. The zero-order valence-electron chi connectivity index (χ0n) is 22.5. The number of phenolic OH excluding ortho intramolecular Hbond substituents is 1. The predicted octanol–water partition coefficient (Wildman–Crippen LogP) is 4.77. The van der Waals surface area contributed by atoms with Crippen molar-refractivity contribution in [3.8, 4) is 11.4 Å². The number of nitrogens with one attached hydrogen (secondary N) is 3. The number of carbonyl (C=O) groups excluding carboxylic acids is 1. The molecule has 0 atom stereocenters. The first kappa shape index (κ1) is 29.5. The fourth-order valence-corrected chi connectivity index (χ4v) is 4.76. The third-order valence-corrected chi connectivity index (χ3v) is 6.98. The number of carbonyl (C=O) groups is 1. The smallest absolute Gasteiger partial charge is 0.229 e. The number of benzene rings is 3. The Labute approximate surface area is 243 Å². The maximum Gasteiger partial charge on any atom is 0.229 e. The fraction of sp³-hybridized carbons (Fsp3) is 0.179. The molecular weight excluding hydrogens is 564 g/mol. The second-order valence-electron chi connectivity index (χ2n) is 9.05. The molecule has 4 rings (SSSR count). The van der Waals surface area contributed by atoms with Gasteiger partial charge >= 0.3 is 0 Å². The van der Waals surface area contributed by atoms with Crippen LogP contribution in [0.25, 0.3) is 11.3 Å². The summed E-state index contributed by atoms with van der Waals surface area (Å²) in [5, 5.41) is 20.3. The number of Topliss-reactive ketones (excluding diaryl/α,β-unsaturated/α-hetero) is 1. The summed E-state index contributed by atoms with van der Waals surface area (Å²) in [5.74, 6) is -0.629. The summed E-state index contributed by atoms with van der Waals surface area (Å²) in [6.45, 7) is 6.89. The molecular formula is C28H30N6O5S2. The number of aromatic amines is 1. The van der Waals surface area contributed by atoms with Crippen LogP contribution >= 0.6 is 12.2 Å². The Balaban J connectivity index is 1.39. The van der Waals surface area contributed by atoms with Crippen LogP contribution in [0.4, 0.5) is 17.1 Å². The number of rotatable bonds is 13. The number of nitrogens with zero attached hydrogens (tertiary/aromatic N) is 3. The first-order valence-corrected chi connectivity index (χ1v) is 14.8. The largest absolute Gasteiger partial charge is 0.507 e. The van der Waals surface area contributed by atoms with Gasteiger partial charge in [-0.3, -0.25) is 19.2 Å². The van der Waals surface area contributed by atoms with Gasteiger partial charge in [0, 0.05) is 29.2 Å². The Morgan fingerprint density at radius 1 is 1.15 bits per heavy atom. The lowest BCUT2D eigenvalue weighted by atomic mass is 9.97. The van der Waals surface area contributed by atoms with E-state index < -0.39 is 15.8 Å². The molecule has 1 heterocycles. The van der Waals surface area contributed by atoms with Gasteiger partial charge in [0.05, 0.1) is 17.5 Å².